The first-order chi connectivity index (χ1) is 20.5. The van der Waals surface area contributed by atoms with Crippen molar-refractivity contribution in [3.8, 4) is 0 Å². The van der Waals surface area contributed by atoms with Gasteiger partial charge in [0.25, 0.3) is 0 Å². The van der Waals surface area contributed by atoms with Crippen LogP contribution in [0.5, 0.6) is 0 Å². The second-order valence-corrected chi connectivity index (χ2v) is 33.8. The first-order valence-corrected chi connectivity index (χ1v) is 29.6. The van der Waals surface area contributed by atoms with Gasteiger partial charge in [0.15, 0.2) is 8.32 Å². The van der Waals surface area contributed by atoms with E-state index < -0.39 is 65.4 Å². The highest BCUT2D eigenvalue weighted by atomic mass is 28.4. The summed E-state index contributed by atoms with van der Waals surface area (Å²) in [6.45, 7) is 32.6. The van der Waals surface area contributed by atoms with Crippen molar-refractivity contribution in [1.29, 1.82) is 0 Å². The summed E-state index contributed by atoms with van der Waals surface area (Å²) in [5, 5.41) is -1.66. The normalized spacial score (nSPS) is 16.9. The molecule has 0 aromatic rings. The van der Waals surface area contributed by atoms with Crippen LogP contribution >= 0.6 is 0 Å². The van der Waals surface area contributed by atoms with E-state index in [0.29, 0.717) is 57.4 Å². The molecule has 0 bridgehead atoms. The maximum absolute atomic E-state index is 13.9. The minimum absolute atomic E-state index is 0.121. The minimum atomic E-state index is -4.32. The van der Waals surface area contributed by atoms with Crippen molar-refractivity contribution in [2.75, 3.05) is 39.6 Å². The van der Waals surface area contributed by atoms with E-state index in [9.17, 15) is 13.2 Å². The second kappa shape index (κ2) is 18.5. The van der Waals surface area contributed by atoms with E-state index in [-0.39, 0.29) is 6.04 Å². The fourth-order valence-corrected chi connectivity index (χ4v) is 30.5. The van der Waals surface area contributed by atoms with E-state index in [1.807, 2.05) is 61.9 Å². The van der Waals surface area contributed by atoms with Crippen LogP contribution in [0.1, 0.15) is 82.1 Å². The van der Waals surface area contributed by atoms with Gasteiger partial charge in [0.05, 0.1) is 13.3 Å². The van der Waals surface area contributed by atoms with Gasteiger partial charge in [0, 0.05) is 62.6 Å². The summed E-state index contributed by atoms with van der Waals surface area (Å²) in [5.74, 6) is 0. The van der Waals surface area contributed by atoms with Gasteiger partial charge >= 0.3 is 23.8 Å². The van der Waals surface area contributed by atoms with Gasteiger partial charge in [-0.15, -0.1) is 0 Å². The smallest absolute Gasteiger partial charge is 0.412 e. The van der Waals surface area contributed by atoms with Gasteiger partial charge in [0.1, 0.15) is 0 Å². The lowest BCUT2D eigenvalue weighted by atomic mass is 10.3. The van der Waals surface area contributed by atoms with E-state index in [1.54, 1.807) is 0 Å². The Morgan fingerprint density at radius 3 is 1.20 bits per heavy atom. The highest BCUT2D eigenvalue weighted by molar-refractivity contribution is 6.92. The van der Waals surface area contributed by atoms with Gasteiger partial charge in [-0.2, -0.15) is 13.2 Å². The van der Waals surface area contributed by atoms with Gasteiger partial charge in [-0.3, -0.25) is 0 Å². The first kappa shape index (κ1) is 45.6. The molecule has 0 radical (unpaired) electrons. The molecular weight excluding hydrogens is 674 g/mol. The number of rotatable bonds is 25. The molecule has 45 heavy (non-hydrogen) atoms. The molecule has 0 spiro atoms. The predicted octanol–water partition coefficient (Wildman–Crippen LogP) is 8.66. The molecule has 0 aliphatic rings. The van der Waals surface area contributed by atoms with Gasteiger partial charge < -0.3 is 35.4 Å². The highest BCUT2D eigenvalue weighted by Gasteiger charge is 2.60. The van der Waals surface area contributed by atoms with Crippen molar-refractivity contribution >= 4 is 42.3 Å². The summed E-state index contributed by atoms with van der Waals surface area (Å²) < 4.78 is 93.0. The summed E-state index contributed by atoms with van der Waals surface area (Å²) in [4.78, 5) is 0. The Morgan fingerprint density at radius 2 is 0.889 bits per heavy atom. The second-order valence-electron chi connectivity index (χ2n) is 13.6. The monoisotopic (exact) mass is 740 g/mol. The molecular formula is C29H67F3O8Si5. The zero-order valence-electron chi connectivity index (χ0n) is 31.2. The summed E-state index contributed by atoms with van der Waals surface area (Å²) in [6.07, 6.45) is -4.63. The number of hydrogen-bond acceptors (Lipinski definition) is 8. The maximum Gasteiger partial charge on any atom is 0.500 e. The van der Waals surface area contributed by atoms with E-state index in [0.717, 1.165) is 0 Å². The van der Waals surface area contributed by atoms with Gasteiger partial charge in [-0.05, 0) is 94.4 Å². The quantitative estimate of drug-likeness (QED) is 0.0862. The zero-order valence-corrected chi connectivity index (χ0v) is 36.2. The number of alkyl halides is 3. The molecule has 0 heterocycles. The van der Waals surface area contributed by atoms with E-state index >= 15 is 0 Å². The Morgan fingerprint density at radius 1 is 0.533 bits per heavy atom. The molecule has 0 aliphatic carbocycles. The van der Waals surface area contributed by atoms with Crippen LogP contribution in [0.4, 0.5) is 13.2 Å². The van der Waals surface area contributed by atoms with Gasteiger partial charge in [0.2, 0.25) is 8.32 Å². The lowest BCUT2D eigenvalue weighted by Crippen LogP contribution is -2.69. The van der Waals surface area contributed by atoms with Crippen molar-refractivity contribution in [2.24, 2.45) is 0 Å². The van der Waals surface area contributed by atoms with E-state index in [4.69, 9.17) is 35.4 Å². The standard InChI is InChI=1S/C29H67F3O8Si5/c1-16-28(10,41(11,12)25-44(33-17-2,34-18-3)35-19-4)40-43(15,24-23-29(30,31)32)27(8,9)39-42(13,14)26-45(36-20-5,37-21-6)38-22-7/h16-26H2,1-15H3. The summed E-state index contributed by atoms with van der Waals surface area (Å²) in [6, 6.07) is -0.121. The SMILES string of the molecule is CCO[Si](C[Si](C)(C)OC(C)(C)[Si](C)(CCC(F)(F)F)OC(C)(CC)[Si](C)(C)C[Si](OCC)(OCC)OCC)(OCC)OCC. The first-order valence-electron chi connectivity index (χ1n) is 16.8. The van der Waals surface area contributed by atoms with E-state index in [1.165, 1.54) is 0 Å². The van der Waals surface area contributed by atoms with Crippen LogP contribution in [-0.2, 0) is 35.4 Å². The Kier molecular flexibility index (Phi) is 18.7. The average Bonchev–Trinajstić information content (AvgIpc) is 2.86. The summed E-state index contributed by atoms with van der Waals surface area (Å²) in [5.41, 5.74) is 1.08. The maximum atomic E-state index is 13.9. The van der Waals surface area contributed by atoms with Crippen molar-refractivity contribution in [3.63, 3.8) is 0 Å². The topological polar surface area (TPSA) is 73.8 Å². The highest BCUT2D eigenvalue weighted by Crippen LogP contribution is 2.44. The van der Waals surface area contributed by atoms with Crippen LogP contribution in [0, 0.1) is 0 Å². The molecule has 0 aromatic carbocycles. The van der Waals surface area contributed by atoms with E-state index in [2.05, 4.69) is 40.0 Å². The van der Waals surface area contributed by atoms with Crippen LogP contribution in [0.25, 0.3) is 0 Å². The molecule has 0 rings (SSSR count). The fourth-order valence-electron chi connectivity index (χ4n) is 6.00. The Bertz CT molecular complexity index is 819. The fraction of sp³-hybridized carbons (Fsp3) is 1.00. The van der Waals surface area contributed by atoms with Crippen LogP contribution in [0.15, 0.2) is 0 Å². The Labute approximate surface area is 278 Å². The third kappa shape index (κ3) is 13.8. The van der Waals surface area contributed by atoms with Gasteiger partial charge in [-0.1, -0.05) is 20.0 Å². The molecule has 272 valence electrons. The number of hydrogen-bond donors (Lipinski definition) is 0. The lowest BCUT2D eigenvalue weighted by Gasteiger charge is -2.54. The molecule has 0 fully saturated rings. The molecule has 0 N–H and O–H groups in total. The van der Waals surface area contributed by atoms with Crippen LogP contribution in [0.2, 0.25) is 50.1 Å². The molecule has 0 amide bonds. The Balaban J connectivity index is 6.84. The Hall–Kier alpha value is 0.554. The molecule has 2 atom stereocenters. The predicted molar refractivity (Wildman–Crippen MR) is 188 cm³/mol. The van der Waals surface area contributed by atoms with Crippen molar-refractivity contribution in [1.82, 2.24) is 0 Å². The van der Waals surface area contributed by atoms with Crippen molar-refractivity contribution in [3.05, 3.63) is 0 Å². The minimum Gasteiger partial charge on any atom is -0.412 e. The number of halogens is 3. The summed E-state index contributed by atoms with van der Waals surface area (Å²) >= 11 is 0. The molecule has 2 unspecified atom stereocenters. The molecule has 8 nitrogen and oxygen atoms in total. The average molecular weight is 741 g/mol. The van der Waals surface area contributed by atoms with Crippen LogP contribution in [-0.4, -0.2) is 98.6 Å². The lowest BCUT2D eigenvalue weighted by molar-refractivity contribution is -0.131. The third-order valence-electron chi connectivity index (χ3n) is 8.73. The summed E-state index contributed by atoms with van der Waals surface area (Å²) in [7, 11) is -14.6. The molecule has 0 aliphatic heterocycles. The largest absolute Gasteiger partial charge is 0.500 e. The molecule has 0 saturated heterocycles. The molecule has 0 saturated carbocycles. The van der Waals surface area contributed by atoms with Crippen LogP contribution < -0.4 is 0 Å². The van der Waals surface area contributed by atoms with Crippen molar-refractivity contribution < 1.29 is 48.6 Å². The molecule has 16 heteroatoms. The molecule has 0 aromatic heterocycles. The zero-order chi connectivity index (χ0) is 35.4. The van der Waals surface area contributed by atoms with Crippen LogP contribution in [0.3, 0.4) is 0 Å². The van der Waals surface area contributed by atoms with Crippen molar-refractivity contribution in [2.45, 2.75) is 149 Å². The third-order valence-corrected chi connectivity index (χ3v) is 33.1. The van der Waals surface area contributed by atoms with Gasteiger partial charge in [-0.25, -0.2) is 0 Å².